The maximum absolute atomic E-state index is 13.3. The molecule has 2 fully saturated rings. The average Bonchev–Trinajstić information content (AvgIpc) is 3.70. The summed E-state index contributed by atoms with van der Waals surface area (Å²) < 4.78 is 66.8. The van der Waals surface area contributed by atoms with Gasteiger partial charge in [0.1, 0.15) is 18.9 Å². The summed E-state index contributed by atoms with van der Waals surface area (Å²) in [5.41, 5.74) is -1.06. The number of sulfonamides is 1. The maximum Gasteiger partial charge on any atom is 0.416 e. The van der Waals surface area contributed by atoms with Gasteiger partial charge in [-0.25, -0.2) is 8.42 Å². The molecule has 0 radical (unpaired) electrons. The molecule has 216 valence electrons. The molecule has 5 N–H and O–H groups in total. The fraction of sp³-hybridized carbons (Fsp3) is 0.565. The van der Waals surface area contributed by atoms with Crippen molar-refractivity contribution < 1.29 is 41.1 Å². The molecule has 16 heteroatoms. The van der Waals surface area contributed by atoms with E-state index in [-0.39, 0.29) is 12.5 Å². The number of nitrogens with zero attached hydrogens (tertiary/aromatic N) is 3. The molecule has 2 aliphatic rings. The van der Waals surface area contributed by atoms with E-state index in [0.717, 1.165) is 36.4 Å². The minimum absolute atomic E-state index is 0.0497. The van der Waals surface area contributed by atoms with Crippen molar-refractivity contribution in [2.24, 2.45) is 16.9 Å². The number of carboxylic acid groups (broad SMARTS) is 1. The number of alkyl halides is 3. The number of hydrogen-bond acceptors (Lipinski definition) is 7. The lowest BCUT2D eigenvalue weighted by Crippen LogP contribution is -2.52. The highest BCUT2D eigenvalue weighted by Gasteiger charge is 2.39. The lowest BCUT2D eigenvalue weighted by Gasteiger charge is -2.31. The van der Waals surface area contributed by atoms with E-state index in [1.165, 1.54) is 6.34 Å². The number of likely N-dealkylation sites (tertiary alicyclic amines) is 1. The molecular weight excluding hydrogens is 545 g/mol. The standard InChI is InChI=1S/C23H31F3N6O6S/c24-23(25,26)16-3-7-18(8-4-16)39(37,38)30-19(22(36)32(13-21(34)35)17-5-6-17)10-20(33)28-11-15-2-1-9-31(12-15)14-29-27/h3-4,7-8,14-15,17,19,30H,1-2,5-6,9-13,27H2,(H,28,33)(H,34,35)/t15-,19-/m0/s1. The van der Waals surface area contributed by atoms with Gasteiger partial charge in [0.2, 0.25) is 21.8 Å². The van der Waals surface area contributed by atoms with Crippen molar-refractivity contribution >= 4 is 34.1 Å². The van der Waals surface area contributed by atoms with Gasteiger partial charge in [-0.1, -0.05) is 0 Å². The van der Waals surface area contributed by atoms with Crippen molar-refractivity contribution in [1.29, 1.82) is 0 Å². The molecule has 0 unspecified atom stereocenters. The Morgan fingerprint density at radius 1 is 1.21 bits per heavy atom. The Labute approximate surface area is 223 Å². The van der Waals surface area contributed by atoms with E-state index in [2.05, 4.69) is 15.1 Å². The van der Waals surface area contributed by atoms with Crippen molar-refractivity contribution in [1.82, 2.24) is 19.8 Å². The van der Waals surface area contributed by atoms with Crippen molar-refractivity contribution in [2.45, 2.75) is 55.3 Å². The van der Waals surface area contributed by atoms with Gasteiger partial charge < -0.3 is 26.1 Å². The van der Waals surface area contributed by atoms with Gasteiger partial charge in [0.15, 0.2) is 0 Å². The predicted molar refractivity (Wildman–Crippen MR) is 133 cm³/mol. The minimum Gasteiger partial charge on any atom is -0.480 e. The minimum atomic E-state index is -4.68. The van der Waals surface area contributed by atoms with Crippen LogP contribution >= 0.6 is 0 Å². The second kappa shape index (κ2) is 12.6. The monoisotopic (exact) mass is 576 g/mol. The predicted octanol–water partition coefficient (Wildman–Crippen LogP) is 0.548. The molecule has 1 aromatic rings. The topological polar surface area (TPSA) is 174 Å². The van der Waals surface area contributed by atoms with Crippen LogP contribution in [0.5, 0.6) is 0 Å². The van der Waals surface area contributed by atoms with Crippen LogP contribution in [-0.4, -0.2) is 85.7 Å². The zero-order valence-corrected chi connectivity index (χ0v) is 21.7. The molecule has 0 spiro atoms. The Balaban J connectivity index is 1.75. The highest BCUT2D eigenvalue weighted by molar-refractivity contribution is 7.89. The summed E-state index contributed by atoms with van der Waals surface area (Å²) in [6, 6.07) is 0.560. The highest BCUT2D eigenvalue weighted by Crippen LogP contribution is 2.30. The number of carbonyl (C=O) groups excluding carboxylic acids is 2. The SMILES string of the molecule is NN=CN1CCC[C@@H](CNC(=O)C[C@H](NS(=O)(=O)c2ccc(C(F)(F)F)cc2)C(=O)N(CC(=O)O)C2CC2)C1. The first-order valence-corrected chi connectivity index (χ1v) is 13.7. The van der Waals surface area contributed by atoms with Gasteiger partial charge in [-0.05, 0) is 55.9 Å². The molecule has 1 aliphatic carbocycles. The number of hydrogen-bond donors (Lipinski definition) is 4. The number of halogens is 3. The zero-order chi connectivity index (χ0) is 28.8. The average molecular weight is 577 g/mol. The number of aliphatic carboxylic acids is 1. The third-order valence-electron chi connectivity index (χ3n) is 6.42. The summed E-state index contributed by atoms with van der Waals surface area (Å²) in [6.07, 6.45) is -1.13. The molecular formula is C23H31F3N6O6S. The van der Waals surface area contributed by atoms with Gasteiger partial charge in [-0.2, -0.15) is 23.0 Å². The lowest BCUT2D eigenvalue weighted by molar-refractivity contribution is -0.146. The van der Waals surface area contributed by atoms with E-state index in [9.17, 15) is 41.1 Å². The number of amides is 2. The van der Waals surface area contributed by atoms with Crippen LogP contribution in [0.25, 0.3) is 0 Å². The first-order chi connectivity index (χ1) is 18.3. The van der Waals surface area contributed by atoms with Gasteiger partial charge in [-0.15, -0.1) is 0 Å². The van der Waals surface area contributed by atoms with Crippen LogP contribution in [0.2, 0.25) is 0 Å². The Morgan fingerprint density at radius 2 is 1.87 bits per heavy atom. The Kier molecular flexibility index (Phi) is 9.77. The zero-order valence-electron chi connectivity index (χ0n) is 20.9. The normalized spacial score (nSPS) is 19.1. The molecule has 1 aliphatic heterocycles. The van der Waals surface area contributed by atoms with Gasteiger partial charge in [0.25, 0.3) is 0 Å². The summed E-state index contributed by atoms with van der Waals surface area (Å²) in [5, 5.41) is 15.4. The molecule has 0 bridgehead atoms. The van der Waals surface area contributed by atoms with Crippen LogP contribution in [0.3, 0.4) is 0 Å². The quantitative estimate of drug-likeness (QED) is 0.121. The molecule has 1 saturated carbocycles. The van der Waals surface area contributed by atoms with Gasteiger partial charge in [0, 0.05) is 25.7 Å². The van der Waals surface area contributed by atoms with Crippen LogP contribution in [0.1, 0.15) is 37.7 Å². The van der Waals surface area contributed by atoms with Crippen LogP contribution in [0.4, 0.5) is 13.2 Å². The Hall–Kier alpha value is -3.40. The van der Waals surface area contributed by atoms with Crippen molar-refractivity contribution in [3.8, 4) is 0 Å². The Bertz CT molecular complexity index is 1170. The van der Waals surface area contributed by atoms with Crippen LogP contribution in [-0.2, 0) is 30.6 Å². The number of nitrogens with two attached hydrogens (primary N) is 1. The Morgan fingerprint density at radius 3 is 2.44 bits per heavy atom. The molecule has 2 amide bonds. The summed E-state index contributed by atoms with van der Waals surface area (Å²) >= 11 is 0. The van der Waals surface area contributed by atoms with Crippen molar-refractivity contribution in [3.63, 3.8) is 0 Å². The fourth-order valence-electron chi connectivity index (χ4n) is 4.36. The second-order valence-corrected chi connectivity index (χ2v) is 11.3. The summed E-state index contributed by atoms with van der Waals surface area (Å²) in [6.45, 7) is 0.887. The maximum atomic E-state index is 13.3. The van der Waals surface area contributed by atoms with Crippen molar-refractivity contribution in [2.75, 3.05) is 26.2 Å². The summed E-state index contributed by atoms with van der Waals surface area (Å²) in [7, 11) is -4.55. The first kappa shape index (κ1) is 30.1. The summed E-state index contributed by atoms with van der Waals surface area (Å²) in [5.74, 6) is 2.36. The van der Waals surface area contributed by atoms with E-state index in [1.807, 2.05) is 4.90 Å². The second-order valence-electron chi connectivity index (χ2n) is 9.56. The van der Waals surface area contributed by atoms with Crippen LogP contribution in [0, 0.1) is 5.92 Å². The van der Waals surface area contributed by atoms with E-state index in [4.69, 9.17) is 5.84 Å². The number of hydrazone groups is 1. The molecule has 12 nitrogen and oxygen atoms in total. The third-order valence-corrected chi connectivity index (χ3v) is 7.91. The van der Waals surface area contributed by atoms with E-state index < -0.39 is 69.5 Å². The molecule has 2 atom stereocenters. The number of rotatable bonds is 12. The van der Waals surface area contributed by atoms with Crippen LogP contribution in [0.15, 0.2) is 34.3 Å². The van der Waals surface area contributed by atoms with E-state index >= 15 is 0 Å². The van der Waals surface area contributed by atoms with Crippen molar-refractivity contribution in [3.05, 3.63) is 29.8 Å². The van der Waals surface area contributed by atoms with Crippen LogP contribution < -0.4 is 15.9 Å². The molecule has 1 aromatic carbocycles. The number of piperidine rings is 1. The molecule has 39 heavy (non-hydrogen) atoms. The smallest absolute Gasteiger partial charge is 0.416 e. The van der Waals surface area contributed by atoms with Gasteiger partial charge in [0.05, 0.1) is 16.9 Å². The van der Waals surface area contributed by atoms with Gasteiger partial charge in [-0.3, -0.25) is 14.4 Å². The van der Waals surface area contributed by atoms with E-state index in [0.29, 0.717) is 31.5 Å². The first-order valence-electron chi connectivity index (χ1n) is 12.3. The van der Waals surface area contributed by atoms with E-state index in [1.54, 1.807) is 0 Å². The number of nitrogens with one attached hydrogen (secondary N) is 2. The fourth-order valence-corrected chi connectivity index (χ4v) is 5.54. The molecule has 3 rings (SSSR count). The number of benzene rings is 1. The number of carbonyl (C=O) groups is 3. The third kappa shape index (κ3) is 8.81. The lowest BCUT2D eigenvalue weighted by atomic mass is 9.98. The largest absolute Gasteiger partial charge is 0.480 e. The molecule has 1 saturated heterocycles. The molecule has 1 heterocycles. The highest BCUT2D eigenvalue weighted by atomic mass is 32.2. The summed E-state index contributed by atoms with van der Waals surface area (Å²) in [4.78, 5) is 39.8. The molecule has 0 aromatic heterocycles. The van der Waals surface area contributed by atoms with Gasteiger partial charge >= 0.3 is 12.1 Å². The number of carboxylic acids is 1.